The molecule has 1 aliphatic rings. The molecular weight excluding hydrogens is 226 g/mol. The van der Waals surface area contributed by atoms with Gasteiger partial charge in [0.05, 0.1) is 0 Å². The van der Waals surface area contributed by atoms with E-state index >= 15 is 0 Å². The summed E-state index contributed by atoms with van der Waals surface area (Å²) in [6.07, 6.45) is 6.39. The molecule has 0 amide bonds. The number of anilines is 1. The fraction of sp³-hybridized carbons (Fsp3) is 0.818. The molecule has 1 N–H and O–H groups in total. The highest BCUT2D eigenvalue weighted by Crippen LogP contribution is 2.25. The number of halogens is 1. The van der Waals surface area contributed by atoms with Gasteiger partial charge in [-0.25, -0.2) is 0 Å². The Hall–Kier alpha value is -0.770. The van der Waals surface area contributed by atoms with Crippen LogP contribution in [0.3, 0.4) is 0 Å². The molecule has 4 nitrogen and oxygen atoms in total. The molecule has 1 heterocycles. The highest BCUT2D eigenvalue weighted by molar-refractivity contribution is 6.16. The van der Waals surface area contributed by atoms with Crippen LogP contribution in [-0.4, -0.2) is 16.2 Å². The molecule has 1 aromatic heterocycles. The zero-order chi connectivity index (χ0) is 11.4. The van der Waals surface area contributed by atoms with E-state index in [9.17, 15) is 0 Å². The summed E-state index contributed by atoms with van der Waals surface area (Å²) in [6.45, 7) is 2.28. The summed E-state index contributed by atoms with van der Waals surface area (Å²) in [4.78, 5) is 0. The Labute approximate surface area is 101 Å². The summed E-state index contributed by atoms with van der Waals surface area (Å²) in [7, 11) is 0. The molecule has 5 heteroatoms. The van der Waals surface area contributed by atoms with Crippen LogP contribution in [0.5, 0.6) is 0 Å². The van der Waals surface area contributed by atoms with Gasteiger partial charge in [0.25, 0.3) is 0 Å². The summed E-state index contributed by atoms with van der Waals surface area (Å²) >= 11 is 5.61. The Balaban J connectivity index is 1.96. The second-order valence-electron chi connectivity index (χ2n) is 4.50. The number of nitrogens with zero attached hydrogens (tertiary/aromatic N) is 2. The third-order valence-corrected chi connectivity index (χ3v) is 3.48. The van der Waals surface area contributed by atoms with Crippen LogP contribution in [0.25, 0.3) is 0 Å². The Morgan fingerprint density at radius 1 is 1.31 bits per heavy atom. The number of nitrogens with one attached hydrogen (secondary N) is 1. The van der Waals surface area contributed by atoms with Crippen molar-refractivity contribution in [1.29, 1.82) is 0 Å². The molecule has 90 valence electrons. The Bertz CT molecular complexity index is 329. The van der Waals surface area contributed by atoms with Crippen molar-refractivity contribution in [1.82, 2.24) is 10.2 Å². The number of hydrogen-bond acceptors (Lipinski definition) is 4. The van der Waals surface area contributed by atoms with Crippen molar-refractivity contribution < 1.29 is 4.42 Å². The minimum atomic E-state index is 0.273. The van der Waals surface area contributed by atoms with E-state index in [0.717, 1.165) is 0 Å². The average Bonchev–Trinajstić information content (AvgIpc) is 2.65. The van der Waals surface area contributed by atoms with Crippen LogP contribution in [-0.2, 0) is 5.88 Å². The third-order valence-electron chi connectivity index (χ3n) is 3.25. The van der Waals surface area contributed by atoms with Crippen molar-refractivity contribution in [3.8, 4) is 0 Å². The van der Waals surface area contributed by atoms with Crippen molar-refractivity contribution in [2.45, 2.75) is 50.9 Å². The zero-order valence-corrected chi connectivity index (χ0v) is 10.3. The molecule has 0 bridgehead atoms. The second kappa shape index (κ2) is 5.53. The van der Waals surface area contributed by atoms with Crippen molar-refractivity contribution in [2.75, 3.05) is 5.32 Å². The van der Waals surface area contributed by atoms with Crippen LogP contribution < -0.4 is 5.32 Å². The molecule has 2 rings (SSSR count). The average molecular weight is 244 g/mol. The van der Waals surface area contributed by atoms with Gasteiger partial charge in [0.2, 0.25) is 5.89 Å². The van der Waals surface area contributed by atoms with Gasteiger partial charge in [0.15, 0.2) is 0 Å². The van der Waals surface area contributed by atoms with Crippen LogP contribution in [0.2, 0.25) is 0 Å². The van der Waals surface area contributed by atoms with Crippen molar-refractivity contribution in [2.24, 2.45) is 5.92 Å². The first-order valence-corrected chi connectivity index (χ1v) is 6.48. The molecule has 1 aliphatic carbocycles. The quantitative estimate of drug-likeness (QED) is 0.654. The van der Waals surface area contributed by atoms with Gasteiger partial charge in [0, 0.05) is 6.04 Å². The van der Waals surface area contributed by atoms with E-state index in [2.05, 4.69) is 22.4 Å². The molecule has 0 radical (unpaired) electrons. The SMILES string of the molecule is CC1CCCCCC1Nc1nnc(CCl)o1. The van der Waals surface area contributed by atoms with Gasteiger partial charge in [-0.3, -0.25) is 0 Å². The highest BCUT2D eigenvalue weighted by atomic mass is 35.5. The van der Waals surface area contributed by atoms with Crippen molar-refractivity contribution in [3.63, 3.8) is 0 Å². The van der Waals surface area contributed by atoms with E-state index in [-0.39, 0.29) is 5.88 Å². The number of aromatic nitrogens is 2. The van der Waals surface area contributed by atoms with Gasteiger partial charge in [-0.15, -0.1) is 16.7 Å². The van der Waals surface area contributed by atoms with Crippen LogP contribution in [0.4, 0.5) is 6.01 Å². The lowest BCUT2D eigenvalue weighted by atomic mass is 9.97. The van der Waals surface area contributed by atoms with Crippen LogP contribution >= 0.6 is 11.6 Å². The fourth-order valence-electron chi connectivity index (χ4n) is 2.23. The van der Waals surface area contributed by atoms with Gasteiger partial charge in [-0.2, -0.15) is 0 Å². The van der Waals surface area contributed by atoms with E-state index in [0.29, 0.717) is 23.9 Å². The molecule has 1 saturated carbocycles. The normalized spacial score (nSPS) is 26.4. The monoisotopic (exact) mass is 243 g/mol. The van der Waals surface area contributed by atoms with Gasteiger partial charge in [-0.05, 0) is 18.8 Å². The highest BCUT2D eigenvalue weighted by Gasteiger charge is 2.21. The summed E-state index contributed by atoms with van der Waals surface area (Å²) < 4.78 is 5.36. The van der Waals surface area contributed by atoms with E-state index < -0.39 is 0 Å². The van der Waals surface area contributed by atoms with E-state index in [1.807, 2.05) is 0 Å². The van der Waals surface area contributed by atoms with Crippen LogP contribution in [0.1, 0.15) is 44.9 Å². The smallest absolute Gasteiger partial charge is 0.315 e. The molecule has 2 unspecified atom stereocenters. The summed E-state index contributed by atoms with van der Waals surface area (Å²) in [5.41, 5.74) is 0. The molecule has 0 aliphatic heterocycles. The maximum Gasteiger partial charge on any atom is 0.315 e. The van der Waals surface area contributed by atoms with Gasteiger partial charge in [0.1, 0.15) is 5.88 Å². The lowest BCUT2D eigenvalue weighted by Gasteiger charge is -2.21. The van der Waals surface area contributed by atoms with Gasteiger partial charge >= 0.3 is 6.01 Å². The largest absolute Gasteiger partial charge is 0.407 e. The lowest BCUT2D eigenvalue weighted by molar-refractivity contribution is 0.436. The summed E-state index contributed by atoms with van der Waals surface area (Å²) in [6, 6.07) is 0.959. The first-order chi connectivity index (χ1) is 7.79. The molecular formula is C11H18ClN3O. The number of alkyl halides is 1. The second-order valence-corrected chi connectivity index (χ2v) is 4.77. The first-order valence-electron chi connectivity index (χ1n) is 5.94. The Morgan fingerprint density at radius 2 is 2.12 bits per heavy atom. The predicted octanol–water partition coefficient (Wildman–Crippen LogP) is 3.19. The molecule has 1 fully saturated rings. The molecule has 1 aromatic rings. The van der Waals surface area contributed by atoms with Crippen LogP contribution in [0, 0.1) is 5.92 Å². The lowest BCUT2D eigenvalue weighted by Crippen LogP contribution is -2.26. The predicted molar refractivity (Wildman–Crippen MR) is 63.5 cm³/mol. The topological polar surface area (TPSA) is 51.0 Å². The number of hydrogen-bond donors (Lipinski definition) is 1. The van der Waals surface area contributed by atoms with Crippen molar-refractivity contribution in [3.05, 3.63) is 5.89 Å². The van der Waals surface area contributed by atoms with Gasteiger partial charge in [-0.1, -0.05) is 31.3 Å². The molecule has 0 spiro atoms. The molecule has 2 atom stereocenters. The van der Waals surface area contributed by atoms with E-state index in [1.165, 1.54) is 32.1 Å². The minimum absolute atomic E-state index is 0.273. The van der Waals surface area contributed by atoms with E-state index in [1.54, 1.807) is 0 Å². The fourth-order valence-corrected chi connectivity index (χ4v) is 2.34. The third kappa shape index (κ3) is 2.88. The Morgan fingerprint density at radius 3 is 2.88 bits per heavy atom. The number of rotatable bonds is 3. The van der Waals surface area contributed by atoms with Crippen molar-refractivity contribution >= 4 is 17.6 Å². The summed E-state index contributed by atoms with van der Waals surface area (Å²) in [5.74, 6) is 1.41. The standard InChI is InChI=1S/C11H18ClN3O/c1-8-5-3-2-4-6-9(8)13-11-15-14-10(7-12)16-11/h8-9H,2-7H2,1H3,(H,13,15). The first kappa shape index (κ1) is 11.7. The van der Waals surface area contributed by atoms with Crippen LogP contribution in [0.15, 0.2) is 4.42 Å². The molecule has 16 heavy (non-hydrogen) atoms. The maximum absolute atomic E-state index is 5.61. The summed E-state index contributed by atoms with van der Waals surface area (Å²) in [5, 5.41) is 11.1. The molecule has 0 aromatic carbocycles. The van der Waals surface area contributed by atoms with E-state index in [4.69, 9.17) is 16.0 Å². The zero-order valence-electron chi connectivity index (χ0n) is 9.58. The van der Waals surface area contributed by atoms with Gasteiger partial charge < -0.3 is 9.73 Å². The Kier molecular flexibility index (Phi) is 4.04. The maximum atomic E-state index is 5.61. The molecule has 0 saturated heterocycles. The minimum Gasteiger partial charge on any atom is -0.407 e.